The van der Waals surface area contributed by atoms with Gasteiger partial charge in [0.05, 0.1) is 12.6 Å². The maximum atomic E-state index is 5.98. The van der Waals surface area contributed by atoms with Gasteiger partial charge in [-0.1, -0.05) is 44.2 Å². The van der Waals surface area contributed by atoms with Crippen molar-refractivity contribution >= 4 is 29.9 Å². The normalized spacial score (nSPS) is 21.3. The molecule has 2 rings (SSSR count). The highest BCUT2D eigenvalue weighted by molar-refractivity contribution is 14.0. The molecule has 1 fully saturated rings. The lowest BCUT2D eigenvalue weighted by molar-refractivity contribution is -0.0506. The molecule has 1 aliphatic rings. The molecular weight excluding hydrogens is 413 g/mol. The van der Waals surface area contributed by atoms with Gasteiger partial charge in [0.1, 0.15) is 0 Å². The van der Waals surface area contributed by atoms with Crippen LogP contribution < -0.4 is 5.32 Å². The first-order chi connectivity index (χ1) is 11.1. The highest BCUT2D eigenvalue weighted by Crippen LogP contribution is 2.25. The number of nitrogens with zero attached hydrogens (tertiary/aromatic N) is 2. The molecule has 0 bridgehead atoms. The third-order valence-corrected chi connectivity index (χ3v) is 4.35. The lowest BCUT2D eigenvalue weighted by atomic mass is 9.87. The Hall–Kier alpha value is -0.820. The van der Waals surface area contributed by atoms with Crippen LogP contribution in [0.5, 0.6) is 0 Å². The van der Waals surface area contributed by atoms with Crippen LogP contribution in [0.15, 0.2) is 35.3 Å². The van der Waals surface area contributed by atoms with E-state index in [0.29, 0.717) is 24.5 Å². The number of hydrogen-bond donors (Lipinski definition) is 1. The average Bonchev–Trinajstić information content (AvgIpc) is 2.55. The molecule has 0 aromatic heterocycles. The van der Waals surface area contributed by atoms with Crippen molar-refractivity contribution in [2.24, 2.45) is 16.8 Å². The van der Waals surface area contributed by atoms with Gasteiger partial charge in [-0.05, 0) is 24.3 Å². The van der Waals surface area contributed by atoms with E-state index < -0.39 is 0 Å². The topological polar surface area (TPSA) is 36.9 Å². The summed E-state index contributed by atoms with van der Waals surface area (Å²) >= 11 is 0. The minimum atomic E-state index is 0. The number of benzene rings is 1. The molecular formula is C19H32IN3O. The quantitative estimate of drug-likeness (QED) is 0.426. The fourth-order valence-corrected chi connectivity index (χ4v) is 3.15. The Morgan fingerprint density at radius 3 is 2.62 bits per heavy atom. The van der Waals surface area contributed by atoms with Gasteiger partial charge in [-0.3, -0.25) is 0 Å². The Morgan fingerprint density at radius 1 is 1.29 bits per heavy atom. The third-order valence-electron chi connectivity index (χ3n) is 4.35. The van der Waals surface area contributed by atoms with Crippen LogP contribution in [0.4, 0.5) is 0 Å². The largest absolute Gasteiger partial charge is 0.378 e. The molecule has 1 aromatic carbocycles. The summed E-state index contributed by atoms with van der Waals surface area (Å²) < 4.78 is 5.98. The molecule has 1 N–H and O–H groups in total. The molecule has 0 spiro atoms. The summed E-state index contributed by atoms with van der Waals surface area (Å²) in [4.78, 5) is 6.79. The third kappa shape index (κ3) is 6.59. The fourth-order valence-electron chi connectivity index (χ4n) is 3.15. The number of guanidine groups is 1. The predicted molar refractivity (Wildman–Crippen MR) is 112 cm³/mol. The monoisotopic (exact) mass is 445 g/mol. The standard InChI is InChI=1S/C19H31N3O.HI/c1-15(2)18-17(11-8-12-23-18)14-21-19(22(3)4)20-13-16-9-6-5-7-10-16;/h5-7,9-10,15,17-18H,8,11-14H2,1-4H3,(H,20,21);1H. The molecule has 2 atom stereocenters. The van der Waals surface area contributed by atoms with Gasteiger partial charge in [-0.25, -0.2) is 4.99 Å². The van der Waals surface area contributed by atoms with E-state index >= 15 is 0 Å². The number of nitrogens with one attached hydrogen (secondary N) is 1. The number of hydrogen-bond acceptors (Lipinski definition) is 2. The smallest absolute Gasteiger partial charge is 0.193 e. The first-order valence-electron chi connectivity index (χ1n) is 8.69. The van der Waals surface area contributed by atoms with Crippen LogP contribution >= 0.6 is 24.0 Å². The highest BCUT2D eigenvalue weighted by Gasteiger charge is 2.28. The lowest BCUT2D eigenvalue weighted by Crippen LogP contribution is -2.44. The van der Waals surface area contributed by atoms with Crippen LogP contribution in [0.25, 0.3) is 0 Å². The summed E-state index contributed by atoms with van der Waals surface area (Å²) in [5.74, 6) is 2.07. The van der Waals surface area contributed by atoms with Crippen molar-refractivity contribution < 1.29 is 4.74 Å². The van der Waals surface area contributed by atoms with Gasteiger partial charge in [-0.2, -0.15) is 0 Å². The maximum absolute atomic E-state index is 5.98. The number of halogens is 1. The number of ether oxygens (including phenoxy) is 1. The summed E-state index contributed by atoms with van der Waals surface area (Å²) in [7, 11) is 4.07. The zero-order chi connectivity index (χ0) is 16.7. The zero-order valence-corrected chi connectivity index (χ0v) is 17.7. The van der Waals surface area contributed by atoms with Crippen LogP contribution in [-0.2, 0) is 11.3 Å². The van der Waals surface area contributed by atoms with Gasteiger partial charge in [0.25, 0.3) is 0 Å². The van der Waals surface area contributed by atoms with E-state index in [2.05, 4.69) is 48.3 Å². The molecule has 1 heterocycles. The Balaban J connectivity index is 0.00000288. The van der Waals surface area contributed by atoms with Crippen molar-refractivity contribution in [2.45, 2.75) is 39.3 Å². The van der Waals surface area contributed by atoms with Crippen molar-refractivity contribution in [3.63, 3.8) is 0 Å². The molecule has 136 valence electrons. The molecule has 1 aromatic rings. The van der Waals surface area contributed by atoms with Gasteiger partial charge >= 0.3 is 0 Å². The van der Waals surface area contributed by atoms with Gasteiger partial charge < -0.3 is 15.0 Å². The number of rotatable bonds is 5. The van der Waals surface area contributed by atoms with Crippen LogP contribution in [0.2, 0.25) is 0 Å². The Bertz CT molecular complexity index is 491. The SMILES string of the molecule is CC(C)C1OCCCC1CNC(=NCc1ccccc1)N(C)C.I. The van der Waals surface area contributed by atoms with E-state index in [-0.39, 0.29) is 24.0 Å². The Kier molecular flexibility index (Phi) is 9.66. The van der Waals surface area contributed by atoms with Crippen LogP contribution in [-0.4, -0.2) is 44.2 Å². The van der Waals surface area contributed by atoms with Crippen LogP contribution in [0, 0.1) is 11.8 Å². The van der Waals surface area contributed by atoms with E-state index in [4.69, 9.17) is 9.73 Å². The van der Waals surface area contributed by atoms with Crippen molar-refractivity contribution in [1.82, 2.24) is 10.2 Å². The molecule has 5 heteroatoms. The van der Waals surface area contributed by atoms with Crippen molar-refractivity contribution in [1.29, 1.82) is 0 Å². The Labute approximate surface area is 164 Å². The first-order valence-corrected chi connectivity index (χ1v) is 8.69. The molecule has 24 heavy (non-hydrogen) atoms. The first kappa shape index (κ1) is 21.2. The molecule has 1 saturated heterocycles. The van der Waals surface area contributed by atoms with E-state index in [9.17, 15) is 0 Å². The highest BCUT2D eigenvalue weighted by atomic mass is 127. The van der Waals surface area contributed by atoms with Gasteiger partial charge in [-0.15, -0.1) is 24.0 Å². The Morgan fingerprint density at radius 2 is 2.00 bits per heavy atom. The second-order valence-electron chi connectivity index (χ2n) is 6.88. The van der Waals surface area contributed by atoms with E-state index in [1.165, 1.54) is 12.0 Å². The molecule has 2 unspecified atom stereocenters. The van der Waals surface area contributed by atoms with Crippen molar-refractivity contribution in [2.75, 3.05) is 27.2 Å². The van der Waals surface area contributed by atoms with E-state index in [1.54, 1.807) is 0 Å². The summed E-state index contributed by atoms with van der Waals surface area (Å²) in [5, 5.41) is 3.54. The van der Waals surface area contributed by atoms with E-state index in [0.717, 1.165) is 25.5 Å². The summed E-state index contributed by atoms with van der Waals surface area (Å²) in [5.41, 5.74) is 1.23. The van der Waals surface area contributed by atoms with Crippen LogP contribution in [0.3, 0.4) is 0 Å². The molecule has 0 aliphatic carbocycles. The fraction of sp³-hybridized carbons (Fsp3) is 0.632. The van der Waals surface area contributed by atoms with Crippen molar-refractivity contribution in [3.05, 3.63) is 35.9 Å². The number of aliphatic imine (C=N–C) groups is 1. The molecule has 4 nitrogen and oxygen atoms in total. The summed E-state index contributed by atoms with van der Waals surface area (Å²) in [6.07, 6.45) is 2.75. The predicted octanol–water partition coefficient (Wildman–Crippen LogP) is 3.76. The maximum Gasteiger partial charge on any atom is 0.193 e. The van der Waals surface area contributed by atoms with Gasteiger partial charge in [0.15, 0.2) is 5.96 Å². The van der Waals surface area contributed by atoms with Gasteiger partial charge in [0.2, 0.25) is 0 Å². The molecule has 1 aliphatic heterocycles. The van der Waals surface area contributed by atoms with Crippen molar-refractivity contribution in [3.8, 4) is 0 Å². The lowest BCUT2D eigenvalue weighted by Gasteiger charge is -2.35. The second kappa shape index (κ2) is 10.9. The average molecular weight is 445 g/mol. The zero-order valence-electron chi connectivity index (χ0n) is 15.4. The van der Waals surface area contributed by atoms with E-state index in [1.807, 2.05) is 20.2 Å². The summed E-state index contributed by atoms with van der Waals surface area (Å²) in [6, 6.07) is 10.4. The van der Waals surface area contributed by atoms with Crippen LogP contribution in [0.1, 0.15) is 32.3 Å². The minimum Gasteiger partial charge on any atom is -0.378 e. The minimum absolute atomic E-state index is 0. The molecule has 0 saturated carbocycles. The summed E-state index contributed by atoms with van der Waals surface area (Å²) in [6.45, 7) is 7.03. The molecule has 0 radical (unpaired) electrons. The second-order valence-corrected chi connectivity index (χ2v) is 6.88. The molecule has 0 amide bonds. The van der Waals surface area contributed by atoms with Gasteiger partial charge in [0, 0.05) is 33.2 Å².